The Labute approximate surface area is 394 Å². The number of halogens is 2. The molecule has 16 nitrogen and oxygen atoms in total. The molecule has 6 aromatic rings. The van der Waals surface area contributed by atoms with Crippen molar-refractivity contribution in [2.75, 3.05) is 27.4 Å². The minimum atomic E-state index is -0.710. The molecule has 4 N–H and O–H groups in total. The fourth-order valence-electron chi connectivity index (χ4n) is 8.79. The minimum absolute atomic E-state index is 0.0813. The van der Waals surface area contributed by atoms with Crippen LogP contribution in [0.15, 0.2) is 48.5 Å². The number of rotatable bonds is 10. The molecule has 0 saturated carbocycles. The Morgan fingerprint density at radius 3 is 1.36 bits per heavy atom. The lowest BCUT2D eigenvalue weighted by Crippen LogP contribution is -2.29. The van der Waals surface area contributed by atoms with Crippen molar-refractivity contribution in [2.24, 2.45) is 23.3 Å². The zero-order valence-electron chi connectivity index (χ0n) is 35.4. The Bertz CT molecular complexity index is 2780. The van der Waals surface area contributed by atoms with E-state index < -0.39 is 24.0 Å². The summed E-state index contributed by atoms with van der Waals surface area (Å²) in [5, 5.41) is 2.62. The SMILES string of the molecule is COc1ccc(-c2c(Cl)c(CN3C(=O)COC3=O)nc3sc4c(c23)CC[C@@H](C(N)=O)C4)cc1.COc1ccc(-c2c(Cl)c(CN3C(=O)COC3=O)nc3sc4c(c23)CC[C@H](C(N)=O)C4)cc1. The third-order valence-corrected chi connectivity index (χ3v) is 15.4. The first-order valence-corrected chi connectivity index (χ1v) is 23.2. The number of amides is 6. The van der Waals surface area contributed by atoms with E-state index in [0.29, 0.717) is 71.5 Å². The van der Waals surface area contributed by atoms with E-state index in [1.54, 1.807) is 14.2 Å². The lowest BCUT2D eigenvalue weighted by Gasteiger charge is -2.20. The van der Waals surface area contributed by atoms with Crippen LogP contribution in [0.4, 0.5) is 9.59 Å². The van der Waals surface area contributed by atoms with E-state index in [1.165, 1.54) is 22.7 Å². The maximum atomic E-state index is 12.1. The van der Waals surface area contributed by atoms with Crippen molar-refractivity contribution in [2.45, 2.75) is 51.6 Å². The summed E-state index contributed by atoms with van der Waals surface area (Å²) in [4.78, 5) is 86.9. The number of hydrogen-bond acceptors (Lipinski definition) is 14. The highest BCUT2D eigenvalue weighted by atomic mass is 35.5. The molecule has 2 fully saturated rings. The summed E-state index contributed by atoms with van der Waals surface area (Å²) < 4.78 is 20.2. The van der Waals surface area contributed by atoms with Crippen LogP contribution in [-0.4, -0.2) is 83.0 Å². The molecule has 340 valence electrons. The molecule has 0 radical (unpaired) electrons. The van der Waals surface area contributed by atoms with Gasteiger partial charge in [-0.2, -0.15) is 0 Å². The number of primary amides is 2. The lowest BCUT2D eigenvalue weighted by atomic mass is 9.86. The quantitative estimate of drug-likeness (QED) is 0.137. The standard InChI is InChI=1S/2C23H20ClN3O5S/c2*1-31-13-5-2-11(3-6-13)18-19-14-7-4-12(21(25)29)8-16(14)33-22(19)26-15(20(18)24)9-27-17(28)10-32-23(27)30/h2*2-3,5-6,12H,4,7-10H2,1H3,(H2,25,29)/t2*12-/m10/s1. The number of hydrogen-bond donors (Lipinski definition) is 2. The molecule has 6 heterocycles. The average Bonchev–Trinajstić information content (AvgIpc) is 4.06. The first-order valence-electron chi connectivity index (χ1n) is 20.8. The maximum absolute atomic E-state index is 12.1. The Morgan fingerprint density at radius 1 is 0.667 bits per heavy atom. The summed E-state index contributed by atoms with van der Waals surface area (Å²) >= 11 is 16.8. The van der Waals surface area contributed by atoms with Crippen molar-refractivity contribution in [1.29, 1.82) is 0 Å². The van der Waals surface area contributed by atoms with Gasteiger partial charge in [0.15, 0.2) is 13.2 Å². The van der Waals surface area contributed by atoms with Crippen LogP contribution in [0.2, 0.25) is 10.0 Å². The largest absolute Gasteiger partial charge is 0.497 e. The molecule has 6 amide bonds. The normalized spacial score (nSPS) is 17.9. The molecule has 0 unspecified atom stereocenters. The van der Waals surface area contributed by atoms with Crippen LogP contribution in [0.5, 0.6) is 11.5 Å². The van der Waals surface area contributed by atoms with E-state index in [0.717, 1.165) is 73.4 Å². The van der Waals surface area contributed by atoms with Gasteiger partial charge in [0.1, 0.15) is 21.2 Å². The molecule has 4 aliphatic rings. The first-order chi connectivity index (χ1) is 31.7. The molecule has 2 aliphatic carbocycles. The summed E-state index contributed by atoms with van der Waals surface area (Å²) in [7, 11) is 3.20. The lowest BCUT2D eigenvalue weighted by molar-refractivity contribution is -0.127. The number of nitrogens with two attached hydrogens (primary N) is 2. The number of thiophene rings is 2. The van der Waals surface area contributed by atoms with Gasteiger partial charge in [0.05, 0.1) is 48.7 Å². The Morgan fingerprint density at radius 2 is 1.05 bits per heavy atom. The van der Waals surface area contributed by atoms with Crippen LogP contribution in [0.25, 0.3) is 42.7 Å². The highest BCUT2D eigenvalue weighted by molar-refractivity contribution is 7.19. The Balaban J connectivity index is 0.000000166. The fraction of sp³-hybridized carbons (Fsp3) is 0.304. The van der Waals surface area contributed by atoms with Gasteiger partial charge < -0.3 is 30.4 Å². The number of pyridine rings is 2. The summed E-state index contributed by atoms with van der Waals surface area (Å²) in [6.45, 7) is -0.734. The summed E-state index contributed by atoms with van der Waals surface area (Å²) in [6.07, 6.45) is 2.45. The van der Waals surface area contributed by atoms with Gasteiger partial charge >= 0.3 is 12.2 Å². The highest BCUT2D eigenvalue weighted by Crippen LogP contribution is 2.48. The molecule has 4 aromatic heterocycles. The van der Waals surface area contributed by atoms with Gasteiger partial charge in [-0.1, -0.05) is 47.5 Å². The van der Waals surface area contributed by atoms with Gasteiger partial charge in [-0.3, -0.25) is 19.2 Å². The van der Waals surface area contributed by atoms with Crippen molar-refractivity contribution in [1.82, 2.24) is 19.8 Å². The monoisotopic (exact) mass is 970 g/mol. The first kappa shape index (κ1) is 44.8. The molecule has 66 heavy (non-hydrogen) atoms. The smallest absolute Gasteiger partial charge is 0.417 e. The second-order valence-corrected chi connectivity index (χ2v) is 19.0. The number of carbonyl (C=O) groups is 6. The van der Waals surface area contributed by atoms with E-state index in [9.17, 15) is 28.8 Å². The number of carbonyl (C=O) groups excluding carboxylic acids is 6. The third-order valence-electron chi connectivity index (χ3n) is 12.3. The zero-order valence-corrected chi connectivity index (χ0v) is 38.6. The van der Waals surface area contributed by atoms with Gasteiger partial charge in [-0.25, -0.2) is 29.4 Å². The summed E-state index contributed by atoms with van der Waals surface area (Å²) in [5.74, 6) is -0.455. The van der Waals surface area contributed by atoms with Gasteiger partial charge in [0, 0.05) is 43.5 Å². The molecular weight excluding hydrogens is 932 g/mol. The molecule has 0 spiro atoms. The van der Waals surface area contributed by atoms with Crippen LogP contribution < -0.4 is 20.9 Å². The van der Waals surface area contributed by atoms with Crippen LogP contribution in [0.3, 0.4) is 0 Å². The maximum Gasteiger partial charge on any atom is 0.417 e. The molecule has 2 saturated heterocycles. The molecule has 2 aliphatic heterocycles. The predicted octanol–water partition coefficient (Wildman–Crippen LogP) is 7.39. The number of ether oxygens (including phenoxy) is 4. The topological polar surface area (TPSA) is 224 Å². The molecular formula is C46H40Cl2N6O10S2. The second kappa shape index (κ2) is 18.1. The van der Waals surface area contributed by atoms with E-state index in [2.05, 4.69) is 0 Å². The Kier molecular flexibility index (Phi) is 12.3. The Hall–Kier alpha value is -6.34. The van der Waals surface area contributed by atoms with E-state index in [4.69, 9.17) is 63.6 Å². The van der Waals surface area contributed by atoms with Crippen molar-refractivity contribution in [3.05, 3.63) is 90.8 Å². The molecule has 2 aromatic carbocycles. The predicted molar refractivity (Wildman–Crippen MR) is 246 cm³/mol. The van der Waals surface area contributed by atoms with Crippen LogP contribution in [-0.2, 0) is 67.4 Å². The number of imide groups is 2. The van der Waals surface area contributed by atoms with Crippen molar-refractivity contribution in [3.63, 3.8) is 0 Å². The van der Waals surface area contributed by atoms with Crippen molar-refractivity contribution < 1.29 is 47.7 Å². The number of fused-ring (bicyclic) bond motifs is 6. The van der Waals surface area contributed by atoms with Gasteiger partial charge in [0.25, 0.3) is 11.8 Å². The average molecular weight is 972 g/mol. The van der Waals surface area contributed by atoms with E-state index in [-0.39, 0.29) is 50.0 Å². The number of cyclic esters (lactones) is 2. The minimum Gasteiger partial charge on any atom is -0.497 e. The number of nitrogens with zero attached hydrogens (tertiary/aromatic N) is 4. The molecule has 10 rings (SSSR count). The van der Waals surface area contributed by atoms with E-state index in [1.807, 2.05) is 48.5 Å². The van der Waals surface area contributed by atoms with Crippen molar-refractivity contribution in [3.8, 4) is 33.8 Å². The van der Waals surface area contributed by atoms with Crippen LogP contribution in [0, 0.1) is 11.8 Å². The molecule has 20 heteroatoms. The van der Waals surface area contributed by atoms with Crippen molar-refractivity contribution >= 4 is 102 Å². The number of methoxy groups -OCH3 is 2. The number of aromatic nitrogens is 2. The second-order valence-electron chi connectivity index (χ2n) is 16.1. The van der Waals surface area contributed by atoms with Crippen LogP contribution >= 0.6 is 45.9 Å². The fourth-order valence-corrected chi connectivity index (χ4v) is 12.1. The highest BCUT2D eigenvalue weighted by Gasteiger charge is 2.36. The number of benzene rings is 2. The zero-order chi connectivity index (χ0) is 46.6. The number of aryl methyl sites for hydroxylation is 2. The van der Waals surface area contributed by atoms with Gasteiger partial charge in [-0.15, -0.1) is 22.7 Å². The summed E-state index contributed by atoms with van der Waals surface area (Å²) in [6, 6.07) is 15.0. The summed E-state index contributed by atoms with van der Waals surface area (Å²) in [5.41, 5.74) is 17.5. The molecule has 2 atom stereocenters. The van der Waals surface area contributed by atoms with E-state index >= 15 is 0 Å². The van der Waals surface area contributed by atoms with Gasteiger partial charge in [0.2, 0.25) is 11.8 Å². The third kappa shape index (κ3) is 8.26. The van der Waals surface area contributed by atoms with Crippen LogP contribution in [0.1, 0.15) is 45.1 Å². The van der Waals surface area contributed by atoms with Gasteiger partial charge in [-0.05, 0) is 85.0 Å². The molecule has 0 bridgehead atoms.